The second-order valence-electron chi connectivity index (χ2n) is 3.18. The van der Waals surface area contributed by atoms with Gasteiger partial charge in [-0.2, -0.15) is 0 Å². The van der Waals surface area contributed by atoms with E-state index in [4.69, 9.17) is 5.73 Å². The van der Waals surface area contributed by atoms with Crippen molar-refractivity contribution in [1.29, 1.82) is 0 Å². The lowest BCUT2D eigenvalue weighted by atomic mass is 10.4. The molecule has 0 saturated heterocycles. The maximum Gasteiger partial charge on any atom is 0.208 e. The first-order valence-corrected chi connectivity index (χ1v) is 7.16. The van der Waals surface area contributed by atoms with Gasteiger partial charge in [-0.1, -0.05) is 0 Å². The largest absolute Gasteiger partial charge is 0.396 e. The van der Waals surface area contributed by atoms with Gasteiger partial charge in [-0.3, -0.25) is 0 Å². The molecule has 0 fully saturated rings. The summed E-state index contributed by atoms with van der Waals surface area (Å²) in [7, 11) is -3.14. The molecule has 0 spiro atoms. The molecule has 0 aliphatic rings. The molecule has 0 amide bonds. The van der Waals surface area contributed by atoms with Crippen LogP contribution in [0.1, 0.15) is 0 Å². The molecule has 8 heteroatoms. The molecule has 6 nitrogen and oxygen atoms in total. The molecule has 16 heavy (non-hydrogen) atoms. The third-order valence-corrected chi connectivity index (χ3v) is 2.83. The summed E-state index contributed by atoms with van der Waals surface area (Å²) in [6, 6.07) is 1.72. The predicted octanol–water partition coefficient (Wildman–Crippen LogP) is 0.387. The van der Waals surface area contributed by atoms with Gasteiger partial charge in [0.2, 0.25) is 10.0 Å². The maximum atomic E-state index is 10.8. The summed E-state index contributed by atoms with van der Waals surface area (Å²) >= 11 is 3.24. The molecule has 0 aromatic carbocycles. The van der Waals surface area contributed by atoms with Gasteiger partial charge in [0.15, 0.2) is 0 Å². The Morgan fingerprint density at radius 3 is 2.75 bits per heavy atom. The van der Waals surface area contributed by atoms with Crippen LogP contribution in [0.2, 0.25) is 0 Å². The van der Waals surface area contributed by atoms with Crippen LogP contribution in [0.3, 0.4) is 0 Å². The molecule has 0 bridgehead atoms. The predicted molar refractivity (Wildman–Crippen MR) is 67.7 cm³/mol. The highest BCUT2D eigenvalue weighted by atomic mass is 79.9. The van der Waals surface area contributed by atoms with E-state index >= 15 is 0 Å². The van der Waals surface area contributed by atoms with Crippen LogP contribution in [-0.2, 0) is 10.0 Å². The normalized spacial score (nSPS) is 11.4. The fourth-order valence-corrected chi connectivity index (χ4v) is 1.84. The Balaban J connectivity index is 2.43. The smallest absolute Gasteiger partial charge is 0.208 e. The number of hydrogen-bond acceptors (Lipinski definition) is 5. The molecule has 0 saturated carbocycles. The molecule has 1 heterocycles. The molecular formula is C8H13BrN4O2S. The average molecular weight is 309 g/mol. The number of hydrogen-bond donors (Lipinski definition) is 3. The van der Waals surface area contributed by atoms with E-state index in [0.29, 0.717) is 18.1 Å². The second-order valence-corrected chi connectivity index (χ2v) is 5.93. The molecule has 0 atom stereocenters. The maximum absolute atomic E-state index is 10.8. The summed E-state index contributed by atoms with van der Waals surface area (Å²) < 4.78 is 24.7. The van der Waals surface area contributed by atoms with Crippen molar-refractivity contribution in [3.63, 3.8) is 0 Å². The molecule has 90 valence electrons. The van der Waals surface area contributed by atoms with E-state index in [1.165, 1.54) is 0 Å². The summed E-state index contributed by atoms with van der Waals surface area (Å²) in [5.74, 6) is 0.540. The van der Waals surface area contributed by atoms with E-state index in [9.17, 15) is 8.42 Å². The van der Waals surface area contributed by atoms with Crippen molar-refractivity contribution in [2.75, 3.05) is 30.4 Å². The molecule has 1 aromatic heterocycles. The van der Waals surface area contributed by atoms with E-state index in [1.807, 2.05) is 0 Å². The van der Waals surface area contributed by atoms with Crippen molar-refractivity contribution in [2.45, 2.75) is 0 Å². The topological polar surface area (TPSA) is 97.1 Å². The van der Waals surface area contributed by atoms with Gasteiger partial charge in [-0.05, 0) is 22.0 Å². The van der Waals surface area contributed by atoms with Crippen molar-refractivity contribution < 1.29 is 8.42 Å². The number of sulfonamides is 1. The Labute approximate surface area is 103 Å². The van der Waals surface area contributed by atoms with Crippen LogP contribution < -0.4 is 15.8 Å². The summed E-state index contributed by atoms with van der Waals surface area (Å²) in [6.45, 7) is 0.710. The Kier molecular flexibility index (Phi) is 4.51. The first-order valence-electron chi connectivity index (χ1n) is 4.48. The number of nitrogens with zero attached hydrogens (tertiary/aromatic N) is 1. The van der Waals surface area contributed by atoms with Crippen molar-refractivity contribution in [3.8, 4) is 0 Å². The number of halogens is 1. The van der Waals surface area contributed by atoms with Gasteiger partial charge >= 0.3 is 0 Å². The molecular weight excluding hydrogens is 296 g/mol. The van der Waals surface area contributed by atoms with Gasteiger partial charge in [0, 0.05) is 23.8 Å². The minimum Gasteiger partial charge on any atom is -0.396 e. The van der Waals surface area contributed by atoms with Crippen LogP contribution in [0.25, 0.3) is 0 Å². The summed E-state index contributed by atoms with van der Waals surface area (Å²) in [5.41, 5.74) is 6.20. The van der Waals surface area contributed by atoms with Crippen molar-refractivity contribution in [1.82, 2.24) is 9.71 Å². The highest BCUT2D eigenvalue weighted by Gasteiger charge is 2.02. The Hall–Kier alpha value is -0.860. The van der Waals surface area contributed by atoms with E-state index in [0.717, 1.165) is 10.7 Å². The lowest BCUT2D eigenvalue weighted by molar-refractivity contribution is 0.589. The number of nitrogens with two attached hydrogens (primary N) is 1. The monoisotopic (exact) mass is 308 g/mol. The number of nitrogens with one attached hydrogen (secondary N) is 2. The fourth-order valence-electron chi connectivity index (χ4n) is 1.02. The molecule has 1 rings (SSSR count). The average Bonchev–Trinajstić information content (AvgIpc) is 2.13. The van der Waals surface area contributed by atoms with E-state index < -0.39 is 10.0 Å². The van der Waals surface area contributed by atoms with Gasteiger partial charge in [0.1, 0.15) is 5.82 Å². The second kappa shape index (κ2) is 5.46. The van der Waals surface area contributed by atoms with Crippen molar-refractivity contribution in [3.05, 3.63) is 16.7 Å². The minimum atomic E-state index is -3.14. The van der Waals surface area contributed by atoms with Crippen LogP contribution in [0.4, 0.5) is 11.5 Å². The standard InChI is InChI=1S/C8H13BrN4O2S/c1-16(14,15)13-3-2-11-8-7(10)4-6(9)5-12-8/h4-5,13H,2-3,10H2,1H3,(H,11,12). The van der Waals surface area contributed by atoms with Crippen molar-refractivity contribution in [2.24, 2.45) is 0 Å². The Bertz CT molecular complexity index is 463. The zero-order valence-corrected chi connectivity index (χ0v) is 11.1. The Morgan fingerprint density at radius 2 is 2.19 bits per heavy atom. The highest BCUT2D eigenvalue weighted by Crippen LogP contribution is 2.19. The lowest BCUT2D eigenvalue weighted by Crippen LogP contribution is -2.27. The van der Waals surface area contributed by atoms with Crippen LogP contribution in [0, 0.1) is 0 Å². The number of nitrogen functional groups attached to an aromatic ring is 1. The third-order valence-electron chi connectivity index (χ3n) is 1.67. The van der Waals surface area contributed by atoms with Gasteiger partial charge < -0.3 is 11.1 Å². The number of aromatic nitrogens is 1. The van der Waals surface area contributed by atoms with Gasteiger partial charge in [-0.15, -0.1) is 0 Å². The van der Waals surface area contributed by atoms with E-state index in [2.05, 4.69) is 31.0 Å². The number of anilines is 2. The first-order chi connectivity index (χ1) is 7.38. The van der Waals surface area contributed by atoms with Gasteiger partial charge in [0.05, 0.1) is 11.9 Å². The highest BCUT2D eigenvalue weighted by molar-refractivity contribution is 9.10. The first kappa shape index (κ1) is 13.2. The third kappa shape index (κ3) is 4.77. The van der Waals surface area contributed by atoms with Crippen LogP contribution in [-0.4, -0.2) is 32.7 Å². The van der Waals surface area contributed by atoms with E-state index in [1.54, 1.807) is 12.3 Å². The van der Waals surface area contributed by atoms with E-state index in [-0.39, 0.29) is 6.54 Å². The van der Waals surface area contributed by atoms with Gasteiger partial charge in [0.25, 0.3) is 0 Å². The summed E-state index contributed by atoms with van der Waals surface area (Å²) in [4.78, 5) is 4.05. The molecule has 0 radical (unpaired) electrons. The number of rotatable bonds is 5. The molecule has 0 aliphatic heterocycles. The molecule has 0 aliphatic carbocycles. The minimum absolute atomic E-state index is 0.288. The van der Waals surface area contributed by atoms with Gasteiger partial charge in [-0.25, -0.2) is 18.1 Å². The Morgan fingerprint density at radius 1 is 1.50 bits per heavy atom. The summed E-state index contributed by atoms with van der Waals surface area (Å²) in [5, 5.41) is 2.93. The van der Waals surface area contributed by atoms with Crippen LogP contribution in [0.15, 0.2) is 16.7 Å². The summed E-state index contributed by atoms with van der Waals surface area (Å²) in [6.07, 6.45) is 2.72. The van der Waals surface area contributed by atoms with Crippen LogP contribution >= 0.6 is 15.9 Å². The molecule has 4 N–H and O–H groups in total. The molecule has 1 aromatic rings. The van der Waals surface area contributed by atoms with Crippen molar-refractivity contribution >= 4 is 37.5 Å². The SMILES string of the molecule is CS(=O)(=O)NCCNc1ncc(Br)cc1N. The molecule has 0 unspecified atom stereocenters. The zero-order chi connectivity index (χ0) is 12.2. The lowest BCUT2D eigenvalue weighted by Gasteiger charge is -2.08. The fraction of sp³-hybridized carbons (Fsp3) is 0.375. The quantitative estimate of drug-likeness (QED) is 0.684. The van der Waals surface area contributed by atoms with Crippen LogP contribution in [0.5, 0.6) is 0 Å². The number of pyridine rings is 1. The zero-order valence-electron chi connectivity index (χ0n) is 8.70.